The molecular formula is C26H24N4O3. The largest absolute Gasteiger partial charge is 0.326 e. The molecule has 0 saturated carbocycles. The smallest absolute Gasteiger partial charge is 0.278 e. The summed E-state index contributed by atoms with van der Waals surface area (Å²) in [7, 11) is 0. The molecule has 0 aliphatic carbocycles. The van der Waals surface area contributed by atoms with Gasteiger partial charge in [0.1, 0.15) is 12.2 Å². The molecule has 0 unspecified atom stereocenters. The average Bonchev–Trinajstić information content (AvgIpc) is 2.75. The lowest BCUT2D eigenvalue weighted by Gasteiger charge is -2.15. The van der Waals surface area contributed by atoms with E-state index in [1.54, 1.807) is 42.5 Å². The van der Waals surface area contributed by atoms with Gasteiger partial charge in [-0.15, -0.1) is 0 Å². The second-order valence-corrected chi connectivity index (χ2v) is 7.99. The maximum absolute atomic E-state index is 13.5. The standard InChI is InChI=1S/C26H24N4O3/c1-16-12-17(2)14-19(13-16)28-24(32)15-30-23-11-7-6-10-22(23)29-25(26(30)33)20-8-4-5-9-21(20)27-18(3)31/h4-14H,15H2,1-3H3,(H,27,31)(H,28,32). The molecule has 3 aromatic carbocycles. The van der Waals surface area contributed by atoms with Crippen molar-refractivity contribution in [2.24, 2.45) is 0 Å². The first kappa shape index (κ1) is 22.0. The monoisotopic (exact) mass is 440 g/mol. The van der Waals surface area contributed by atoms with Gasteiger partial charge >= 0.3 is 0 Å². The number of carbonyl (C=O) groups is 2. The lowest BCUT2D eigenvalue weighted by Crippen LogP contribution is -2.30. The van der Waals surface area contributed by atoms with Crippen LogP contribution in [0, 0.1) is 13.8 Å². The Balaban J connectivity index is 1.79. The lowest BCUT2D eigenvalue weighted by atomic mass is 10.1. The molecule has 166 valence electrons. The van der Waals surface area contributed by atoms with E-state index in [1.165, 1.54) is 11.5 Å². The van der Waals surface area contributed by atoms with E-state index < -0.39 is 5.56 Å². The molecular weight excluding hydrogens is 416 g/mol. The second kappa shape index (κ2) is 9.08. The molecule has 2 N–H and O–H groups in total. The van der Waals surface area contributed by atoms with Crippen LogP contribution in [0.1, 0.15) is 18.1 Å². The van der Waals surface area contributed by atoms with Gasteiger partial charge in [-0.1, -0.05) is 36.4 Å². The van der Waals surface area contributed by atoms with E-state index in [0.29, 0.717) is 28.0 Å². The highest BCUT2D eigenvalue weighted by Gasteiger charge is 2.18. The van der Waals surface area contributed by atoms with E-state index in [2.05, 4.69) is 15.6 Å². The molecule has 1 aromatic heterocycles. The Kier molecular flexibility index (Phi) is 6.04. The van der Waals surface area contributed by atoms with Crippen LogP contribution in [0.3, 0.4) is 0 Å². The van der Waals surface area contributed by atoms with Crippen molar-refractivity contribution < 1.29 is 9.59 Å². The van der Waals surface area contributed by atoms with Crippen LogP contribution in [0.15, 0.2) is 71.5 Å². The number of rotatable bonds is 5. The summed E-state index contributed by atoms with van der Waals surface area (Å²) in [6.45, 7) is 5.15. The van der Waals surface area contributed by atoms with Crippen LogP contribution >= 0.6 is 0 Å². The summed E-state index contributed by atoms with van der Waals surface area (Å²) in [6, 6.07) is 19.9. The van der Waals surface area contributed by atoms with Crippen molar-refractivity contribution in [2.75, 3.05) is 10.6 Å². The topological polar surface area (TPSA) is 93.1 Å². The Morgan fingerprint density at radius 1 is 0.909 bits per heavy atom. The number of hydrogen-bond donors (Lipinski definition) is 2. The summed E-state index contributed by atoms with van der Waals surface area (Å²) in [5.74, 6) is -0.573. The van der Waals surface area contributed by atoms with Gasteiger partial charge in [0.25, 0.3) is 5.56 Å². The Morgan fingerprint density at radius 3 is 2.30 bits per heavy atom. The molecule has 0 spiro atoms. The van der Waals surface area contributed by atoms with Crippen molar-refractivity contribution in [1.29, 1.82) is 0 Å². The quantitative estimate of drug-likeness (QED) is 0.485. The van der Waals surface area contributed by atoms with Gasteiger partial charge in [0.2, 0.25) is 11.8 Å². The van der Waals surface area contributed by atoms with Gasteiger partial charge in [0, 0.05) is 18.2 Å². The minimum Gasteiger partial charge on any atom is -0.326 e. The van der Waals surface area contributed by atoms with Gasteiger partial charge in [0.15, 0.2) is 0 Å². The lowest BCUT2D eigenvalue weighted by molar-refractivity contribution is -0.117. The fraction of sp³-hybridized carbons (Fsp3) is 0.154. The van der Waals surface area contributed by atoms with Gasteiger partial charge in [-0.25, -0.2) is 4.98 Å². The Labute approximate surface area is 191 Å². The third-order valence-electron chi connectivity index (χ3n) is 5.15. The van der Waals surface area contributed by atoms with Gasteiger partial charge in [-0.2, -0.15) is 0 Å². The van der Waals surface area contributed by atoms with Crippen molar-refractivity contribution in [1.82, 2.24) is 9.55 Å². The molecule has 2 amide bonds. The third kappa shape index (κ3) is 4.82. The summed E-state index contributed by atoms with van der Waals surface area (Å²) >= 11 is 0. The minimum atomic E-state index is -0.415. The summed E-state index contributed by atoms with van der Waals surface area (Å²) < 4.78 is 1.42. The highest BCUT2D eigenvalue weighted by molar-refractivity contribution is 5.95. The van der Waals surface area contributed by atoms with Gasteiger partial charge in [-0.3, -0.25) is 19.0 Å². The number of benzene rings is 3. The molecule has 0 radical (unpaired) electrons. The molecule has 0 atom stereocenters. The van der Waals surface area contributed by atoms with Gasteiger partial charge < -0.3 is 10.6 Å². The summed E-state index contributed by atoms with van der Waals surface area (Å²) in [5, 5.41) is 5.63. The SMILES string of the molecule is CC(=O)Nc1ccccc1-c1nc2ccccc2n(CC(=O)Nc2cc(C)cc(C)c2)c1=O. The first-order chi connectivity index (χ1) is 15.8. The molecule has 33 heavy (non-hydrogen) atoms. The van der Waals surface area contributed by atoms with Crippen molar-refractivity contribution in [3.63, 3.8) is 0 Å². The van der Waals surface area contributed by atoms with Crippen molar-refractivity contribution >= 4 is 34.2 Å². The molecule has 7 heteroatoms. The molecule has 0 aliphatic heterocycles. The van der Waals surface area contributed by atoms with E-state index in [0.717, 1.165) is 11.1 Å². The molecule has 4 aromatic rings. The number of fused-ring (bicyclic) bond motifs is 1. The zero-order valence-electron chi connectivity index (χ0n) is 18.7. The molecule has 7 nitrogen and oxygen atoms in total. The van der Waals surface area contributed by atoms with Gasteiger partial charge in [0.05, 0.1) is 16.7 Å². The summed E-state index contributed by atoms with van der Waals surface area (Å²) in [5.41, 5.74) is 4.60. The Morgan fingerprint density at radius 2 is 1.58 bits per heavy atom. The van der Waals surface area contributed by atoms with Crippen LogP contribution in [0.4, 0.5) is 11.4 Å². The number of anilines is 2. The number of para-hydroxylation sites is 3. The van der Waals surface area contributed by atoms with E-state index in [9.17, 15) is 14.4 Å². The highest BCUT2D eigenvalue weighted by Crippen LogP contribution is 2.25. The zero-order valence-corrected chi connectivity index (χ0v) is 18.7. The zero-order chi connectivity index (χ0) is 23.5. The third-order valence-corrected chi connectivity index (χ3v) is 5.15. The number of nitrogens with one attached hydrogen (secondary N) is 2. The van der Waals surface area contributed by atoms with Crippen LogP contribution in [0.2, 0.25) is 0 Å². The number of hydrogen-bond acceptors (Lipinski definition) is 4. The van der Waals surface area contributed by atoms with Crippen LogP contribution in [0.5, 0.6) is 0 Å². The summed E-state index contributed by atoms with van der Waals surface area (Å²) in [4.78, 5) is 42.7. The predicted octanol–water partition coefficient (Wildman–Crippen LogP) is 4.28. The van der Waals surface area contributed by atoms with E-state index in [4.69, 9.17) is 0 Å². The fourth-order valence-electron chi connectivity index (χ4n) is 3.90. The fourth-order valence-corrected chi connectivity index (χ4v) is 3.90. The van der Waals surface area contributed by atoms with Gasteiger partial charge in [-0.05, 0) is 55.3 Å². The number of nitrogens with zero attached hydrogens (tertiary/aromatic N) is 2. The second-order valence-electron chi connectivity index (χ2n) is 7.99. The van der Waals surface area contributed by atoms with E-state index in [-0.39, 0.29) is 24.1 Å². The minimum absolute atomic E-state index is 0.164. The van der Waals surface area contributed by atoms with Crippen LogP contribution in [0.25, 0.3) is 22.3 Å². The number of aromatic nitrogens is 2. The normalized spacial score (nSPS) is 10.8. The number of aryl methyl sites for hydroxylation is 2. The number of amides is 2. The predicted molar refractivity (Wildman–Crippen MR) is 130 cm³/mol. The maximum Gasteiger partial charge on any atom is 0.278 e. The molecule has 1 heterocycles. The molecule has 0 saturated heterocycles. The molecule has 0 bridgehead atoms. The number of carbonyl (C=O) groups excluding carboxylic acids is 2. The van der Waals surface area contributed by atoms with Crippen molar-refractivity contribution in [3.8, 4) is 11.3 Å². The molecule has 0 aliphatic rings. The summed E-state index contributed by atoms with van der Waals surface area (Å²) in [6.07, 6.45) is 0. The Hall–Kier alpha value is -4.26. The van der Waals surface area contributed by atoms with Crippen LogP contribution in [-0.4, -0.2) is 21.4 Å². The van der Waals surface area contributed by atoms with E-state index in [1.807, 2.05) is 38.1 Å². The first-order valence-electron chi connectivity index (χ1n) is 10.6. The van der Waals surface area contributed by atoms with Crippen LogP contribution in [-0.2, 0) is 16.1 Å². The van der Waals surface area contributed by atoms with Crippen molar-refractivity contribution in [2.45, 2.75) is 27.3 Å². The molecule has 0 fully saturated rings. The Bertz CT molecular complexity index is 1420. The maximum atomic E-state index is 13.5. The van der Waals surface area contributed by atoms with Crippen molar-refractivity contribution in [3.05, 3.63) is 88.2 Å². The average molecular weight is 441 g/mol. The first-order valence-corrected chi connectivity index (χ1v) is 10.6. The highest BCUT2D eigenvalue weighted by atomic mass is 16.2. The molecule has 4 rings (SSSR count). The van der Waals surface area contributed by atoms with Crippen LogP contribution < -0.4 is 16.2 Å². The van der Waals surface area contributed by atoms with E-state index >= 15 is 0 Å².